The second-order valence-electron chi connectivity index (χ2n) is 3.06. The van der Waals surface area contributed by atoms with Gasteiger partial charge < -0.3 is 5.73 Å². The molecule has 0 radical (unpaired) electrons. The zero-order valence-corrected chi connectivity index (χ0v) is 7.86. The molecule has 0 aromatic carbocycles. The largest absolute Gasteiger partial charge is 0.324 e. The first-order valence-electron chi connectivity index (χ1n) is 3.62. The van der Waals surface area contributed by atoms with Crippen LogP contribution in [-0.4, -0.2) is 9.97 Å². The molecule has 1 nitrogen and oxygen atoms in total. The number of halogens is 1. The van der Waals surface area contributed by atoms with Crippen molar-refractivity contribution in [2.75, 3.05) is 4.43 Å². The van der Waals surface area contributed by atoms with E-state index in [0.717, 1.165) is 4.43 Å². The molecule has 1 aliphatic carbocycles. The Hall–Kier alpha value is 0.690. The molecule has 54 valence electrons. The Balaban J connectivity index is 2.37. The van der Waals surface area contributed by atoms with E-state index in [0.29, 0.717) is 0 Å². The van der Waals surface area contributed by atoms with E-state index in [4.69, 9.17) is 5.73 Å². The van der Waals surface area contributed by atoms with Crippen LogP contribution in [0.5, 0.6) is 0 Å². The lowest BCUT2D eigenvalue weighted by molar-refractivity contribution is 0.332. The van der Waals surface area contributed by atoms with Crippen molar-refractivity contribution in [3.05, 3.63) is 0 Å². The summed E-state index contributed by atoms with van der Waals surface area (Å²) in [6, 6.07) is 0. The van der Waals surface area contributed by atoms with Gasteiger partial charge in [-0.3, -0.25) is 0 Å². The van der Waals surface area contributed by atoms with Crippen LogP contribution in [0, 0.1) is 0 Å². The normalized spacial score (nSPS) is 26.0. The Morgan fingerprint density at radius 3 is 2.11 bits per heavy atom. The van der Waals surface area contributed by atoms with E-state index in [1.807, 2.05) is 0 Å². The zero-order chi connectivity index (χ0) is 6.74. The molecule has 0 atom stereocenters. The maximum absolute atomic E-state index is 6.05. The topological polar surface area (TPSA) is 26.0 Å². The summed E-state index contributed by atoms with van der Waals surface area (Å²) in [5, 5.41) is 0. The Morgan fingerprint density at radius 1 is 1.22 bits per heavy atom. The number of rotatable bonds is 1. The van der Waals surface area contributed by atoms with Crippen molar-refractivity contribution in [1.29, 1.82) is 0 Å². The molecular formula is C7H14IN. The average molecular weight is 239 g/mol. The molecule has 1 aliphatic rings. The minimum Gasteiger partial charge on any atom is -0.324 e. The Morgan fingerprint density at radius 2 is 1.78 bits per heavy atom. The van der Waals surface area contributed by atoms with Gasteiger partial charge in [0, 0.05) is 9.97 Å². The molecule has 0 unspecified atom stereocenters. The summed E-state index contributed by atoms with van der Waals surface area (Å²) in [6.45, 7) is 0. The molecule has 0 heterocycles. The van der Waals surface area contributed by atoms with Crippen molar-refractivity contribution >= 4 is 22.6 Å². The third kappa shape index (κ3) is 2.08. The van der Waals surface area contributed by atoms with Crippen molar-refractivity contribution < 1.29 is 0 Å². The third-order valence-corrected chi connectivity index (χ3v) is 3.63. The van der Waals surface area contributed by atoms with E-state index in [2.05, 4.69) is 22.6 Å². The molecule has 9 heavy (non-hydrogen) atoms. The Bertz CT molecular complexity index is 86.9. The van der Waals surface area contributed by atoms with Gasteiger partial charge in [0.15, 0.2) is 0 Å². The molecule has 1 rings (SSSR count). The summed E-state index contributed by atoms with van der Waals surface area (Å²) in [6.07, 6.45) is 6.58. The highest BCUT2D eigenvalue weighted by atomic mass is 127. The van der Waals surface area contributed by atoms with E-state index < -0.39 is 0 Å². The standard InChI is InChI=1S/C7H14IN/c8-6-7(9)4-2-1-3-5-7/h1-6,9H2. The van der Waals surface area contributed by atoms with E-state index in [-0.39, 0.29) is 5.54 Å². The zero-order valence-electron chi connectivity index (χ0n) is 5.70. The SMILES string of the molecule is NC1(CI)CCCCC1. The third-order valence-electron chi connectivity index (χ3n) is 2.12. The molecule has 1 fully saturated rings. The Labute approximate surface area is 70.5 Å². The summed E-state index contributed by atoms with van der Waals surface area (Å²) in [7, 11) is 0. The van der Waals surface area contributed by atoms with Gasteiger partial charge in [0.05, 0.1) is 0 Å². The number of nitrogens with two attached hydrogens (primary N) is 1. The summed E-state index contributed by atoms with van der Waals surface area (Å²) in [4.78, 5) is 0. The first kappa shape index (κ1) is 7.79. The van der Waals surface area contributed by atoms with Gasteiger partial charge in [0.2, 0.25) is 0 Å². The van der Waals surface area contributed by atoms with Gasteiger partial charge in [-0.15, -0.1) is 0 Å². The van der Waals surface area contributed by atoms with E-state index >= 15 is 0 Å². The second-order valence-corrected chi connectivity index (χ2v) is 3.82. The van der Waals surface area contributed by atoms with Crippen LogP contribution in [0.3, 0.4) is 0 Å². The molecule has 0 amide bonds. The fourth-order valence-electron chi connectivity index (χ4n) is 1.39. The summed E-state index contributed by atoms with van der Waals surface area (Å²) >= 11 is 2.40. The fraction of sp³-hybridized carbons (Fsp3) is 1.00. The molecule has 1 saturated carbocycles. The summed E-state index contributed by atoms with van der Waals surface area (Å²) in [5.41, 5.74) is 6.26. The lowest BCUT2D eigenvalue weighted by Gasteiger charge is -2.31. The number of hydrogen-bond donors (Lipinski definition) is 1. The van der Waals surface area contributed by atoms with E-state index in [1.54, 1.807) is 0 Å². The predicted molar refractivity (Wildman–Crippen MR) is 48.9 cm³/mol. The number of alkyl halides is 1. The molecule has 2 N–H and O–H groups in total. The van der Waals surface area contributed by atoms with Crippen LogP contribution in [0.15, 0.2) is 0 Å². The van der Waals surface area contributed by atoms with Crippen LogP contribution >= 0.6 is 22.6 Å². The quantitative estimate of drug-likeness (QED) is 0.550. The molecule has 0 saturated heterocycles. The smallest absolute Gasteiger partial charge is 0.0244 e. The predicted octanol–water partition coefficient (Wildman–Crippen LogP) is 2.08. The lowest BCUT2D eigenvalue weighted by atomic mass is 9.84. The average Bonchev–Trinajstić information content (AvgIpc) is 1.90. The van der Waals surface area contributed by atoms with Gasteiger partial charge in [-0.05, 0) is 12.8 Å². The van der Waals surface area contributed by atoms with Crippen molar-refractivity contribution in [2.45, 2.75) is 37.6 Å². The molecule has 0 aromatic heterocycles. The van der Waals surface area contributed by atoms with Crippen LogP contribution in [0.25, 0.3) is 0 Å². The minimum atomic E-state index is 0.207. The highest BCUT2D eigenvalue weighted by Crippen LogP contribution is 2.27. The molecule has 2 heteroatoms. The summed E-state index contributed by atoms with van der Waals surface area (Å²) in [5.74, 6) is 0. The fourth-order valence-corrected chi connectivity index (χ4v) is 2.15. The maximum Gasteiger partial charge on any atom is 0.0244 e. The monoisotopic (exact) mass is 239 g/mol. The van der Waals surface area contributed by atoms with Crippen molar-refractivity contribution in [2.24, 2.45) is 5.73 Å². The molecule has 0 spiro atoms. The highest BCUT2D eigenvalue weighted by Gasteiger charge is 2.25. The molecule has 0 bridgehead atoms. The van der Waals surface area contributed by atoms with Gasteiger partial charge in [-0.25, -0.2) is 0 Å². The molecule has 0 aliphatic heterocycles. The highest BCUT2D eigenvalue weighted by molar-refractivity contribution is 14.1. The van der Waals surface area contributed by atoms with Crippen molar-refractivity contribution in [3.8, 4) is 0 Å². The van der Waals surface area contributed by atoms with Gasteiger partial charge in [0.1, 0.15) is 0 Å². The first-order chi connectivity index (χ1) is 4.27. The van der Waals surface area contributed by atoms with Crippen LogP contribution < -0.4 is 5.73 Å². The molecule has 0 aromatic rings. The first-order valence-corrected chi connectivity index (χ1v) is 5.14. The van der Waals surface area contributed by atoms with E-state index in [9.17, 15) is 0 Å². The van der Waals surface area contributed by atoms with Crippen LogP contribution in [0.1, 0.15) is 32.1 Å². The van der Waals surface area contributed by atoms with Gasteiger partial charge in [0.25, 0.3) is 0 Å². The van der Waals surface area contributed by atoms with Gasteiger partial charge in [-0.2, -0.15) is 0 Å². The minimum absolute atomic E-state index is 0.207. The van der Waals surface area contributed by atoms with Gasteiger partial charge in [-0.1, -0.05) is 41.9 Å². The van der Waals surface area contributed by atoms with Gasteiger partial charge >= 0.3 is 0 Å². The van der Waals surface area contributed by atoms with Crippen molar-refractivity contribution in [3.63, 3.8) is 0 Å². The van der Waals surface area contributed by atoms with Crippen molar-refractivity contribution in [1.82, 2.24) is 0 Å². The summed E-state index contributed by atoms with van der Waals surface area (Å²) < 4.78 is 1.13. The van der Waals surface area contributed by atoms with Crippen LogP contribution in [0.2, 0.25) is 0 Å². The van der Waals surface area contributed by atoms with Crippen LogP contribution in [-0.2, 0) is 0 Å². The van der Waals surface area contributed by atoms with Crippen LogP contribution in [0.4, 0.5) is 0 Å². The number of hydrogen-bond acceptors (Lipinski definition) is 1. The van der Waals surface area contributed by atoms with E-state index in [1.165, 1.54) is 32.1 Å². The Kier molecular flexibility index (Phi) is 2.76. The maximum atomic E-state index is 6.05. The lowest BCUT2D eigenvalue weighted by Crippen LogP contribution is -2.43. The second kappa shape index (κ2) is 3.19. The molecular weight excluding hydrogens is 225 g/mol.